The Labute approximate surface area is 106 Å². The number of benzene rings is 1. The van der Waals surface area contributed by atoms with E-state index < -0.39 is 0 Å². The molecule has 1 amide bonds. The minimum Gasteiger partial charge on any atom is -0.508 e. The van der Waals surface area contributed by atoms with E-state index in [1.54, 1.807) is 4.90 Å². The normalized spacial score (nSPS) is 24.0. The molecule has 4 N–H and O–H groups in total. The van der Waals surface area contributed by atoms with Gasteiger partial charge in [0.1, 0.15) is 11.5 Å². The van der Waals surface area contributed by atoms with Crippen molar-refractivity contribution in [3.63, 3.8) is 0 Å². The second-order valence-corrected chi connectivity index (χ2v) is 4.88. The molecule has 98 valence electrons. The van der Waals surface area contributed by atoms with Crippen LogP contribution in [0, 0.1) is 5.92 Å². The van der Waals surface area contributed by atoms with E-state index >= 15 is 0 Å². The van der Waals surface area contributed by atoms with Crippen LogP contribution < -0.4 is 5.73 Å². The van der Waals surface area contributed by atoms with Gasteiger partial charge in [0.05, 0.1) is 5.56 Å². The second kappa shape index (κ2) is 4.86. The van der Waals surface area contributed by atoms with Crippen LogP contribution in [0.15, 0.2) is 18.2 Å². The Hall–Kier alpha value is -1.75. The highest BCUT2D eigenvalue weighted by Crippen LogP contribution is 2.25. The van der Waals surface area contributed by atoms with E-state index in [2.05, 4.69) is 0 Å². The fraction of sp³-hybridized carbons (Fsp3) is 0.462. The van der Waals surface area contributed by atoms with Crippen molar-refractivity contribution in [2.75, 3.05) is 13.1 Å². The van der Waals surface area contributed by atoms with Crippen molar-refractivity contribution in [3.05, 3.63) is 23.8 Å². The van der Waals surface area contributed by atoms with Crippen molar-refractivity contribution >= 4 is 5.91 Å². The summed E-state index contributed by atoms with van der Waals surface area (Å²) in [5.41, 5.74) is 6.04. The minimum absolute atomic E-state index is 0.0297. The van der Waals surface area contributed by atoms with Gasteiger partial charge in [-0.05, 0) is 30.5 Å². The SMILES string of the molecule is CC1CN(C(=O)c2cc(O)ccc2O)CCC1N. The Morgan fingerprint density at radius 1 is 1.44 bits per heavy atom. The van der Waals surface area contributed by atoms with E-state index in [0.717, 1.165) is 6.42 Å². The fourth-order valence-electron chi connectivity index (χ4n) is 2.21. The Morgan fingerprint density at radius 2 is 2.17 bits per heavy atom. The van der Waals surface area contributed by atoms with Crippen molar-refractivity contribution in [1.82, 2.24) is 4.90 Å². The van der Waals surface area contributed by atoms with Gasteiger partial charge in [0.2, 0.25) is 0 Å². The summed E-state index contributed by atoms with van der Waals surface area (Å²) in [7, 11) is 0. The lowest BCUT2D eigenvalue weighted by Gasteiger charge is -2.35. The third-order valence-corrected chi connectivity index (χ3v) is 3.47. The van der Waals surface area contributed by atoms with Gasteiger partial charge in [0.25, 0.3) is 5.91 Å². The Kier molecular flexibility index (Phi) is 3.43. The Bertz CT molecular complexity index is 462. The van der Waals surface area contributed by atoms with Crippen LogP contribution >= 0.6 is 0 Å². The summed E-state index contributed by atoms with van der Waals surface area (Å²) in [6.45, 7) is 3.17. The van der Waals surface area contributed by atoms with Crippen LogP contribution in [0.2, 0.25) is 0 Å². The van der Waals surface area contributed by atoms with Gasteiger partial charge in [-0.25, -0.2) is 0 Å². The summed E-state index contributed by atoms with van der Waals surface area (Å²) in [5.74, 6) is -0.164. The first kappa shape index (κ1) is 12.7. The molecule has 0 bridgehead atoms. The van der Waals surface area contributed by atoms with Gasteiger partial charge in [-0.1, -0.05) is 6.92 Å². The molecule has 5 nitrogen and oxygen atoms in total. The van der Waals surface area contributed by atoms with Gasteiger partial charge in [-0.3, -0.25) is 4.79 Å². The molecule has 0 aliphatic carbocycles. The van der Waals surface area contributed by atoms with Gasteiger partial charge < -0.3 is 20.8 Å². The zero-order valence-corrected chi connectivity index (χ0v) is 10.3. The summed E-state index contributed by atoms with van der Waals surface area (Å²) in [6.07, 6.45) is 0.756. The molecule has 1 aliphatic rings. The van der Waals surface area contributed by atoms with Gasteiger partial charge >= 0.3 is 0 Å². The zero-order chi connectivity index (χ0) is 13.3. The highest BCUT2D eigenvalue weighted by Gasteiger charge is 2.28. The molecule has 2 atom stereocenters. The quantitative estimate of drug-likeness (QED) is 0.646. The van der Waals surface area contributed by atoms with Crippen LogP contribution in [0.1, 0.15) is 23.7 Å². The molecule has 1 aromatic rings. The second-order valence-electron chi connectivity index (χ2n) is 4.88. The lowest BCUT2D eigenvalue weighted by atomic mass is 9.94. The Morgan fingerprint density at radius 3 is 2.83 bits per heavy atom. The van der Waals surface area contributed by atoms with Crippen LogP contribution in [0.25, 0.3) is 0 Å². The third-order valence-electron chi connectivity index (χ3n) is 3.47. The average molecular weight is 250 g/mol. The van der Waals surface area contributed by atoms with Gasteiger partial charge in [0.15, 0.2) is 0 Å². The number of hydrogen-bond donors (Lipinski definition) is 3. The first-order valence-corrected chi connectivity index (χ1v) is 6.06. The van der Waals surface area contributed by atoms with Gasteiger partial charge in [-0.2, -0.15) is 0 Å². The number of aromatic hydroxyl groups is 2. The first-order valence-electron chi connectivity index (χ1n) is 6.06. The van der Waals surface area contributed by atoms with E-state index in [1.807, 2.05) is 6.92 Å². The van der Waals surface area contributed by atoms with Crippen LogP contribution in [0.4, 0.5) is 0 Å². The number of phenols is 2. The number of nitrogens with two attached hydrogens (primary N) is 1. The van der Waals surface area contributed by atoms with Crippen molar-refractivity contribution in [2.45, 2.75) is 19.4 Å². The highest BCUT2D eigenvalue weighted by molar-refractivity contribution is 5.97. The highest BCUT2D eigenvalue weighted by atomic mass is 16.3. The number of likely N-dealkylation sites (tertiary alicyclic amines) is 1. The van der Waals surface area contributed by atoms with Crippen molar-refractivity contribution < 1.29 is 15.0 Å². The molecule has 1 saturated heterocycles. The van der Waals surface area contributed by atoms with E-state index in [1.165, 1.54) is 18.2 Å². The molecule has 0 saturated carbocycles. The summed E-state index contributed by atoms with van der Waals surface area (Å²) in [5, 5.41) is 19.0. The average Bonchev–Trinajstić information content (AvgIpc) is 2.35. The molecule has 2 unspecified atom stereocenters. The zero-order valence-electron chi connectivity index (χ0n) is 10.3. The molecular formula is C13H18N2O3. The van der Waals surface area contributed by atoms with Gasteiger partial charge in [0, 0.05) is 19.1 Å². The summed E-state index contributed by atoms with van der Waals surface area (Å²) >= 11 is 0. The van der Waals surface area contributed by atoms with Gasteiger partial charge in [-0.15, -0.1) is 0 Å². The molecule has 1 aromatic carbocycles. The topological polar surface area (TPSA) is 86.8 Å². The van der Waals surface area contributed by atoms with E-state index in [4.69, 9.17) is 5.73 Å². The van der Waals surface area contributed by atoms with Crippen LogP contribution in [0.5, 0.6) is 11.5 Å². The smallest absolute Gasteiger partial charge is 0.257 e. The maximum Gasteiger partial charge on any atom is 0.257 e. The summed E-state index contributed by atoms with van der Waals surface area (Å²) in [4.78, 5) is 13.9. The van der Waals surface area contributed by atoms with Crippen molar-refractivity contribution in [2.24, 2.45) is 11.7 Å². The lowest BCUT2D eigenvalue weighted by molar-refractivity contribution is 0.0660. The van der Waals surface area contributed by atoms with Crippen LogP contribution in [-0.4, -0.2) is 40.2 Å². The van der Waals surface area contributed by atoms with E-state index in [-0.39, 0.29) is 34.9 Å². The molecular weight excluding hydrogens is 232 g/mol. The first-order chi connectivity index (χ1) is 8.49. The van der Waals surface area contributed by atoms with E-state index in [9.17, 15) is 15.0 Å². The number of phenolic OH excluding ortho intramolecular Hbond substituents is 2. The number of nitrogens with zero attached hydrogens (tertiary/aromatic N) is 1. The molecule has 2 rings (SSSR count). The van der Waals surface area contributed by atoms with Crippen LogP contribution in [0.3, 0.4) is 0 Å². The molecule has 1 heterocycles. The number of rotatable bonds is 1. The fourth-order valence-corrected chi connectivity index (χ4v) is 2.21. The summed E-state index contributed by atoms with van der Waals surface area (Å²) < 4.78 is 0. The molecule has 1 aliphatic heterocycles. The van der Waals surface area contributed by atoms with Crippen molar-refractivity contribution in [3.8, 4) is 11.5 Å². The number of amides is 1. The molecule has 0 radical (unpaired) electrons. The number of hydrogen-bond acceptors (Lipinski definition) is 4. The van der Waals surface area contributed by atoms with E-state index in [0.29, 0.717) is 13.1 Å². The standard InChI is InChI=1S/C13H18N2O3/c1-8-7-15(5-4-11(8)14)13(18)10-6-9(16)2-3-12(10)17/h2-3,6,8,11,16-17H,4-5,7,14H2,1H3. The van der Waals surface area contributed by atoms with Crippen molar-refractivity contribution in [1.29, 1.82) is 0 Å². The lowest BCUT2D eigenvalue weighted by Crippen LogP contribution is -2.48. The molecule has 1 fully saturated rings. The predicted molar refractivity (Wildman–Crippen MR) is 67.4 cm³/mol. The maximum atomic E-state index is 12.2. The molecule has 0 aromatic heterocycles. The number of piperidine rings is 1. The molecule has 0 spiro atoms. The number of carbonyl (C=O) groups is 1. The molecule has 18 heavy (non-hydrogen) atoms. The van der Waals surface area contributed by atoms with Crippen LogP contribution in [-0.2, 0) is 0 Å². The predicted octanol–water partition coefficient (Wildman–Crippen LogP) is 0.907. The monoisotopic (exact) mass is 250 g/mol. The largest absolute Gasteiger partial charge is 0.508 e. The molecule has 5 heteroatoms. The Balaban J connectivity index is 2.19. The third kappa shape index (κ3) is 2.41. The number of carbonyl (C=O) groups excluding carboxylic acids is 1. The summed E-state index contributed by atoms with van der Waals surface area (Å²) in [6, 6.07) is 4.08. The maximum absolute atomic E-state index is 12.2. The minimum atomic E-state index is -0.262.